The SMILES string of the molecule is CCCC[CH2][Sn]([Br])([CH2]CCCC)[CH2]CCCC. The van der Waals surface area contributed by atoms with Gasteiger partial charge in [0.25, 0.3) is 0 Å². The van der Waals surface area contributed by atoms with Crippen LogP contribution in [0.25, 0.3) is 0 Å². The third-order valence-electron chi connectivity index (χ3n) is 3.69. The first-order chi connectivity index (χ1) is 8.18. The summed E-state index contributed by atoms with van der Waals surface area (Å²) in [7, 11) is 0. The predicted octanol–water partition coefficient (Wildman–Crippen LogP) is 6.90. The van der Waals surface area contributed by atoms with Gasteiger partial charge in [0.1, 0.15) is 0 Å². The molecule has 104 valence electrons. The molecule has 0 fully saturated rings. The molecule has 0 nitrogen and oxygen atoms in total. The van der Waals surface area contributed by atoms with Gasteiger partial charge in [-0.05, 0) is 0 Å². The molecule has 0 aliphatic rings. The molecule has 0 N–H and O–H groups in total. The van der Waals surface area contributed by atoms with Crippen LogP contribution in [0.15, 0.2) is 0 Å². The summed E-state index contributed by atoms with van der Waals surface area (Å²) in [5.41, 5.74) is 0. The summed E-state index contributed by atoms with van der Waals surface area (Å²) in [6.45, 7) is 6.96. The molecule has 0 rings (SSSR count). The number of rotatable bonds is 12. The molecule has 0 heterocycles. The molecule has 17 heavy (non-hydrogen) atoms. The summed E-state index contributed by atoms with van der Waals surface area (Å²) in [4.78, 5) is 0. The van der Waals surface area contributed by atoms with Gasteiger partial charge >= 0.3 is 121 Å². The summed E-state index contributed by atoms with van der Waals surface area (Å²) >= 11 is 2.46. The van der Waals surface area contributed by atoms with E-state index in [0.717, 1.165) is 0 Å². The third kappa shape index (κ3) is 10.9. The summed E-state index contributed by atoms with van der Waals surface area (Å²) in [5.74, 6) is 0. The molecule has 0 aromatic rings. The Morgan fingerprint density at radius 2 is 0.882 bits per heavy atom. The van der Waals surface area contributed by atoms with E-state index in [1.54, 1.807) is 13.3 Å². The Labute approximate surface area is 120 Å². The van der Waals surface area contributed by atoms with Crippen LogP contribution in [0.2, 0.25) is 13.3 Å². The van der Waals surface area contributed by atoms with Gasteiger partial charge in [0.2, 0.25) is 0 Å². The van der Waals surface area contributed by atoms with E-state index < -0.39 is 16.2 Å². The zero-order valence-electron chi connectivity index (χ0n) is 12.4. The molecule has 0 aliphatic heterocycles. The second kappa shape index (κ2) is 12.3. The molecule has 0 aromatic heterocycles. The Balaban J connectivity index is 3.95. The zero-order chi connectivity index (χ0) is 13.0. The van der Waals surface area contributed by atoms with Crippen molar-refractivity contribution in [1.29, 1.82) is 0 Å². The molecule has 2 heteroatoms. The summed E-state index contributed by atoms with van der Waals surface area (Å²) in [5, 5.41) is 0. The maximum absolute atomic E-state index is 4.29. The standard InChI is InChI=1S/3C5H11.BrH.Sn/c3*1-3-5-4-2;;/h3*1,3-5H2,2H3;1H;/q;;;;+1/p-1. The van der Waals surface area contributed by atoms with Crippen LogP contribution < -0.4 is 0 Å². The van der Waals surface area contributed by atoms with Crippen molar-refractivity contribution in [2.45, 2.75) is 91.9 Å². The second-order valence-electron chi connectivity index (χ2n) is 5.52. The molecular weight excluding hydrogens is 379 g/mol. The van der Waals surface area contributed by atoms with E-state index in [1.165, 1.54) is 57.8 Å². The van der Waals surface area contributed by atoms with Gasteiger partial charge in [-0.15, -0.1) is 0 Å². The van der Waals surface area contributed by atoms with E-state index in [4.69, 9.17) is 0 Å². The molecule has 0 saturated heterocycles. The Morgan fingerprint density at radius 3 is 1.12 bits per heavy atom. The Bertz CT molecular complexity index is 132. The molecule has 0 saturated carbocycles. The van der Waals surface area contributed by atoms with Crippen LogP contribution in [0.1, 0.15) is 78.6 Å². The second-order valence-corrected chi connectivity index (χ2v) is 27.7. The molecule has 0 bridgehead atoms. The fourth-order valence-corrected chi connectivity index (χ4v) is 17.8. The minimum atomic E-state index is -1.82. The topological polar surface area (TPSA) is 0 Å². The van der Waals surface area contributed by atoms with Crippen LogP contribution in [-0.4, -0.2) is 16.2 Å². The summed E-state index contributed by atoms with van der Waals surface area (Å²) < 4.78 is 4.78. The zero-order valence-corrected chi connectivity index (χ0v) is 16.8. The van der Waals surface area contributed by atoms with E-state index in [2.05, 4.69) is 33.5 Å². The third-order valence-corrected chi connectivity index (χ3v) is 22.4. The van der Waals surface area contributed by atoms with Crippen LogP contribution in [0.5, 0.6) is 0 Å². The monoisotopic (exact) mass is 412 g/mol. The van der Waals surface area contributed by atoms with Crippen molar-refractivity contribution < 1.29 is 0 Å². The molecule has 0 amide bonds. The van der Waals surface area contributed by atoms with Gasteiger partial charge in [-0.25, -0.2) is 0 Å². The van der Waals surface area contributed by atoms with Crippen LogP contribution in [0.3, 0.4) is 0 Å². The van der Waals surface area contributed by atoms with E-state index in [-0.39, 0.29) is 0 Å². The van der Waals surface area contributed by atoms with Crippen molar-refractivity contribution in [1.82, 2.24) is 0 Å². The normalized spacial score (nSPS) is 12.0. The Kier molecular flexibility index (Phi) is 13.2. The fourth-order valence-electron chi connectivity index (χ4n) is 2.45. The van der Waals surface area contributed by atoms with Crippen molar-refractivity contribution in [2.75, 3.05) is 0 Å². The van der Waals surface area contributed by atoms with Gasteiger partial charge in [0.05, 0.1) is 0 Å². The van der Waals surface area contributed by atoms with E-state index in [9.17, 15) is 0 Å². The maximum atomic E-state index is 4.29. The van der Waals surface area contributed by atoms with E-state index in [1.807, 2.05) is 0 Å². The number of halogens is 1. The van der Waals surface area contributed by atoms with Gasteiger partial charge in [-0.3, -0.25) is 0 Å². The van der Waals surface area contributed by atoms with Crippen LogP contribution >= 0.6 is 12.7 Å². The van der Waals surface area contributed by atoms with Gasteiger partial charge in [0, 0.05) is 0 Å². The first-order valence-electron chi connectivity index (χ1n) is 7.87. The van der Waals surface area contributed by atoms with Crippen molar-refractivity contribution in [3.05, 3.63) is 0 Å². The van der Waals surface area contributed by atoms with Crippen LogP contribution in [0.4, 0.5) is 0 Å². The fraction of sp³-hybridized carbons (Fsp3) is 1.00. The van der Waals surface area contributed by atoms with Crippen LogP contribution in [-0.2, 0) is 0 Å². The van der Waals surface area contributed by atoms with Gasteiger partial charge < -0.3 is 0 Å². The Hall–Kier alpha value is 1.28. The molecule has 0 radical (unpaired) electrons. The van der Waals surface area contributed by atoms with Gasteiger partial charge in [-0.2, -0.15) is 0 Å². The van der Waals surface area contributed by atoms with E-state index in [0.29, 0.717) is 0 Å². The van der Waals surface area contributed by atoms with Crippen molar-refractivity contribution in [2.24, 2.45) is 0 Å². The van der Waals surface area contributed by atoms with E-state index >= 15 is 0 Å². The van der Waals surface area contributed by atoms with Crippen molar-refractivity contribution >= 4 is 28.9 Å². The minimum absolute atomic E-state index is 1.37. The summed E-state index contributed by atoms with van der Waals surface area (Å²) in [6, 6.07) is 0. The van der Waals surface area contributed by atoms with Crippen molar-refractivity contribution in [3.8, 4) is 0 Å². The van der Waals surface area contributed by atoms with Gasteiger partial charge in [-0.1, -0.05) is 0 Å². The molecule has 0 aliphatic carbocycles. The first-order valence-corrected chi connectivity index (χ1v) is 20.3. The average Bonchev–Trinajstić information content (AvgIpc) is 2.30. The van der Waals surface area contributed by atoms with Gasteiger partial charge in [0.15, 0.2) is 0 Å². The Morgan fingerprint density at radius 1 is 0.588 bits per heavy atom. The molecular formula is C15H33BrSn. The molecule has 0 atom stereocenters. The van der Waals surface area contributed by atoms with Crippen LogP contribution in [0, 0.1) is 0 Å². The first kappa shape index (κ1) is 18.3. The average molecular weight is 412 g/mol. The quantitative estimate of drug-likeness (QED) is 0.242. The number of hydrogen-bond donors (Lipinski definition) is 0. The predicted molar refractivity (Wildman–Crippen MR) is 87.7 cm³/mol. The summed E-state index contributed by atoms with van der Waals surface area (Å²) in [6.07, 6.45) is 13.0. The van der Waals surface area contributed by atoms with Crippen molar-refractivity contribution in [3.63, 3.8) is 0 Å². The molecule has 0 spiro atoms. The molecule has 0 unspecified atom stereocenters. The number of unbranched alkanes of at least 4 members (excludes halogenated alkanes) is 6. The number of hydrogen-bond acceptors (Lipinski definition) is 0. The molecule has 0 aromatic carbocycles.